The molecule has 138 valence electrons. The van der Waals surface area contributed by atoms with Gasteiger partial charge in [-0.05, 0) is 31.4 Å². The third-order valence-electron chi connectivity index (χ3n) is 4.23. The van der Waals surface area contributed by atoms with Gasteiger partial charge in [0.25, 0.3) is 5.56 Å². The molecular formula is C19H16N2O2S4. The molecule has 4 aromatic rings. The average molecular weight is 433 g/mol. The van der Waals surface area contributed by atoms with Crippen molar-refractivity contribution < 1.29 is 4.79 Å². The monoisotopic (exact) mass is 432 g/mol. The van der Waals surface area contributed by atoms with E-state index in [0.29, 0.717) is 10.5 Å². The maximum Gasteiger partial charge on any atom is 0.263 e. The lowest BCUT2D eigenvalue weighted by molar-refractivity contribution is 0.102. The number of hydrogen-bond donors (Lipinski definition) is 0. The second-order valence-electron chi connectivity index (χ2n) is 6.10. The minimum atomic E-state index is -0.0674. The predicted octanol–water partition coefficient (Wildman–Crippen LogP) is 5.38. The largest absolute Gasteiger partial charge is 0.293 e. The van der Waals surface area contributed by atoms with Gasteiger partial charge in [-0.1, -0.05) is 17.8 Å². The van der Waals surface area contributed by atoms with Crippen molar-refractivity contribution in [2.45, 2.75) is 19.0 Å². The van der Waals surface area contributed by atoms with E-state index in [1.54, 1.807) is 34.3 Å². The third kappa shape index (κ3) is 3.42. The lowest BCUT2D eigenvalue weighted by atomic mass is 10.2. The SMILES string of the molecule is Cc1cc(C(=O)CSc2nc3scc(-c4cccs4)c3c(=O)n2C)c(C)s1. The Morgan fingerprint density at radius 1 is 1.30 bits per heavy atom. The summed E-state index contributed by atoms with van der Waals surface area (Å²) in [4.78, 5) is 34.1. The highest BCUT2D eigenvalue weighted by atomic mass is 32.2. The van der Waals surface area contributed by atoms with Crippen LogP contribution < -0.4 is 5.56 Å². The standard InChI is InChI=1S/C19H16N2O2S4/c1-10-7-12(11(2)27-10)14(22)9-26-19-20-17-16(18(23)21(19)3)13(8-25-17)15-5-4-6-24-15/h4-8H,9H2,1-3H3. The second-order valence-corrected chi connectivity index (χ2v) is 10.3. The van der Waals surface area contributed by atoms with Crippen molar-refractivity contribution in [3.8, 4) is 10.4 Å². The highest BCUT2D eigenvalue weighted by Gasteiger charge is 2.18. The first-order chi connectivity index (χ1) is 13.0. The quantitative estimate of drug-likeness (QED) is 0.241. The lowest BCUT2D eigenvalue weighted by Gasteiger charge is -2.07. The van der Waals surface area contributed by atoms with Gasteiger partial charge in [0.2, 0.25) is 0 Å². The molecule has 8 heteroatoms. The Morgan fingerprint density at radius 2 is 2.11 bits per heavy atom. The van der Waals surface area contributed by atoms with Crippen LogP contribution >= 0.6 is 45.8 Å². The first kappa shape index (κ1) is 18.6. The van der Waals surface area contributed by atoms with E-state index in [0.717, 1.165) is 30.6 Å². The fourth-order valence-corrected chi connectivity index (χ4v) is 6.51. The molecule has 0 unspecified atom stereocenters. The van der Waals surface area contributed by atoms with Gasteiger partial charge in [-0.3, -0.25) is 14.2 Å². The van der Waals surface area contributed by atoms with Crippen LogP contribution in [0, 0.1) is 13.8 Å². The van der Waals surface area contributed by atoms with E-state index in [2.05, 4.69) is 4.98 Å². The molecule has 0 aliphatic carbocycles. The Morgan fingerprint density at radius 3 is 2.78 bits per heavy atom. The molecule has 0 fully saturated rings. The number of hydrogen-bond acceptors (Lipinski definition) is 7. The summed E-state index contributed by atoms with van der Waals surface area (Å²) in [5, 5.41) is 5.22. The van der Waals surface area contributed by atoms with Gasteiger partial charge < -0.3 is 0 Å². The molecule has 0 saturated carbocycles. The van der Waals surface area contributed by atoms with E-state index < -0.39 is 0 Å². The molecule has 0 N–H and O–H groups in total. The molecule has 0 atom stereocenters. The summed E-state index contributed by atoms with van der Waals surface area (Å²) in [6, 6.07) is 5.93. The summed E-state index contributed by atoms with van der Waals surface area (Å²) in [6.07, 6.45) is 0. The molecule has 27 heavy (non-hydrogen) atoms. The Kier molecular flexibility index (Phi) is 5.07. The van der Waals surface area contributed by atoms with Crippen LogP contribution in [-0.4, -0.2) is 21.1 Å². The number of nitrogens with zero attached hydrogens (tertiary/aromatic N) is 2. The molecule has 4 heterocycles. The molecule has 0 amide bonds. The van der Waals surface area contributed by atoms with Crippen molar-refractivity contribution >= 4 is 61.8 Å². The fourth-order valence-electron chi connectivity index (χ4n) is 2.91. The Labute approximate surface area is 172 Å². The topological polar surface area (TPSA) is 52.0 Å². The summed E-state index contributed by atoms with van der Waals surface area (Å²) < 4.78 is 1.55. The molecule has 0 bridgehead atoms. The van der Waals surface area contributed by atoms with Crippen molar-refractivity contribution in [2.75, 3.05) is 5.75 Å². The number of thioether (sulfide) groups is 1. The van der Waals surface area contributed by atoms with Gasteiger partial charge in [0.05, 0.1) is 11.1 Å². The number of aryl methyl sites for hydroxylation is 2. The number of ketones is 1. The maximum absolute atomic E-state index is 12.9. The van der Waals surface area contributed by atoms with Gasteiger partial charge in [0, 0.05) is 38.2 Å². The van der Waals surface area contributed by atoms with Crippen molar-refractivity contribution in [3.05, 3.63) is 54.6 Å². The molecule has 0 spiro atoms. The number of carbonyl (C=O) groups is 1. The summed E-state index contributed by atoms with van der Waals surface area (Å²) in [5.41, 5.74) is 1.64. The van der Waals surface area contributed by atoms with E-state index in [-0.39, 0.29) is 17.1 Å². The Bertz CT molecular complexity index is 1200. The van der Waals surface area contributed by atoms with E-state index in [1.165, 1.54) is 23.1 Å². The van der Waals surface area contributed by atoms with E-state index in [4.69, 9.17) is 0 Å². The Hall–Kier alpha value is -1.74. The lowest BCUT2D eigenvalue weighted by Crippen LogP contribution is -2.20. The normalized spacial score (nSPS) is 11.4. The molecule has 0 radical (unpaired) electrons. The van der Waals surface area contributed by atoms with Crippen LogP contribution in [0.25, 0.3) is 20.7 Å². The second kappa shape index (κ2) is 7.35. The zero-order valence-corrected chi connectivity index (χ0v) is 18.2. The van der Waals surface area contributed by atoms with Crippen molar-refractivity contribution in [1.29, 1.82) is 0 Å². The molecule has 4 rings (SSSR count). The van der Waals surface area contributed by atoms with Crippen molar-refractivity contribution in [3.63, 3.8) is 0 Å². The van der Waals surface area contributed by atoms with Crippen molar-refractivity contribution in [2.24, 2.45) is 7.05 Å². The summed E-state index contributed by atoms with van der Waals surface area (Å²) in [5.74, 6) is 0.341. The molecule has 0 aliphatic heterocycles. The van der Waals surface area contributed by atoms with E-state index in [1.807, 2.05) is 42.8 Å². The number of carbonyl (C=O) groups excluding carboxylic acids is 1. The average Bonchev–Trinajstić information content (AvgIpc) is 3.35. The van der Waals surface area contributed by atoms with Crippen LogP contribution in [0.2, 0.25) is 0 Å². The van der Waals surface area contributed by atoms with Gasteiger partial charge in [-0.25, -0.2) is 4.98 Å². The van der Waals surface area contributed by atoms with E-state index in [9.17, 15) is 9.59 Å². The first-order valence-electron chi connectivity index (χ1n) is 8.21. The third-order valence-corrected chi connectivity index (χ3v) is 8.01. The molecular weight excluding hydrogens is 416 g/mol. The molecule has 0 aromatic carbocycles. The number of aromatic nitrogens is 2. The number of Topliss-reactive ketones (excluding diaryl/α,β-unsaturated/α-hetero) is 1. The minimum absolute atomic E-state index is 0.0674. The first-order valence-corrected chi connectivity index (χ1v) is 11.8. The molecule has 4 nitrogen and oxygen atoms in total. The van der Waals surface area contributed by atoms with Gasteiger partial charge in [0.15, 0.2) is 10.9 Å². The van der Waals surface area contributed by atoms with Crippen LogP contribution in [0.1, 0.15) is 20.1 Å². The molecule has 0 saturated heterocycles. The zero-order chi connectivity index (χ0) is 19.1. The van der Waals surface area contributed by atoms with Crippen LogP contribution in [0.5, 0.6) is 0 Å². The smallest absolute Gasteiger partial charge is 0.263 e. The summed E-state index contributed by atoms with van der Waals surface area (Å²) in [7, 11) is 1.72. The van der Waals surface area contributed by atoms with E-state index >= 15 is 0 Å². The number of thiophene rings is 3. The van der Waals surface area contributed by atoms with Gasteiger partial charge in [-0.15, -0.1) is 34.0 Å². The highest BCUT2D eigenvalue weighted by molar-refractivity contribution is 7.99. The van der Waals surface area contributed by atoms with Gasteiger partial charge in [-0.2, -0.15) is 0 Å². The summed E-state index contributed by atoms with van der Waals surface area (Å²) in [6.45, 7) is 3.97. The minimum Gasteiger partial charge on any atom is -0.293 e. The molecule has 4 aromatic heterocycles. The van der Waals surface area contributed by atoms with Gasteiger partial charge in [0.1, 0.15) is 4.83 Å². The van der Waals surface area contributed by atoms with Gasteiger partial charge >= 0.3 is 0 Å². The number of fused-ring (bicyclic) bond motifs is 1. The molecule has 0 aliphatic rings. The van der Waals surface area contributed by atoms with Crippen LogP contribution in [-0.2, 0) is 7.05 Å². The Balaban J connectivity index is 1.65. The highest BCUT2D eigenvalue weighted by Crippen LogP contribution is 2.34. The fraction of sp³-hybridized carbons (Fsp3) is 0.211. The van der Waals surface area contributed by atoms with Crippen LogP contribution in [0.15, 0.2) is 38.9 Å². The van der Waals surface area contributed by atoms with Crippen LogP contribution in [0.4, 0.5) is 0 Å². The zero-order valence-electron chi connectivity index (χ0n) is 14.9. The van der Waals surface area contributed by atoms with Crippen LogP contribution in [0.3, 0.4) is 0 Å². The van der Waals surface area contributed by atoms with Crippen molar-refractivity contribution in [1.82, 2.24) is 9.55 Å². The predicted molar refractivity (Wildman–Crippen MR) is 117 cm³/mol. The maximum atomic E-state index is 12.9. The number of rotatable bonds is 5. The summed E-state index contributed by atoms with van der Waals surface area (Å²) >= 11 is 6.03.